The standard InChI is InChI=1S/C15H20FNO3/c1-10-7-12(16)9-13(8-10)17-14(15(18)19-2)11-3-5-20-6-4-11/h7-9,11,14,17H,3-6H2,1-2H3. The summed E-state index contributed by atoms with van der Waals surface area (Å²) in [6.45, 7) is 3.10. The first-order valence-electron chi connectivity index (χ1n) is 6.79. The maximum absolute atomic E-state index is 13.4. The lowest BCUT2D eigenvalue weighted by atomic mass is 9.91. The fraction of sp³-hybridized carbons (Fsp3) is 0.533. The Morgan fingerprint density at radius 3 is 2.70 bits per heavy atom. The van der Waals surface area contributed by atoms with Gasteiger partial charge in [-0.1, -0.05) is 0 Å². The van der Waals surface area contributed by atoms with E-state index < -0.39 is 6.04 Å². The molecule has 0 bridgehead atoms. The Labute approximate surface area is 118 Å². The summed E-state index contributed by atoms with van der Waals surface area (Å²) in [4.78, 5) is 12.0. The average Bonchev–Trinajstić information content (AvgIpc) is 2.44. The number of aryl methyl sites for hydroxylation is 1. The molecule has 1 aliphatic heterocycles. The topological polar surface area (TPSA) is 47.6 Å². The van der Waals surface area contributed by atoms with E-state index in [-0.39, 0.29) is 17.7 Å². The van der Waals surface area contributed by atoms with Crippen molar-refractivity contribution in [3.63, 3.8) is 0 Å². The summed E-state index contributed by atoms with van der Waals surface area (Å²) in [5.74, 6) is -0.498. The Bertz CT molecular complexity index is 452. The van der Waals surface area contributed by atoms with Gasteiger partial charge in [0.2, 0.25) is 0 Å². The van der Waals surface area contributed by atoms with Crippen molar-refractivity contribution in [3.8, 4) is 0 Å². The fourth-order valence-corrected chi connectivity index (χ4v) is 2.54. The Morgan fingerprint density at radius 2 is 2.10 bits per heavy atom. The Morgan fingerprint density at radius 1 is 1.40 bits per heavy atom. The first-order valence-corrected chi connectivity index (χ1v) is 6.79. The lowest BCUT2D eigenvalue weighted by Gasteiger charge is -2.29. The highest BCUT2D eigenvalue weighted by Crippen LogP contribution is 2.24. The molecule has 1 heterocycles. The van der Waals surface area contributed by atoms with Crippen molar-refractivity contribution in [2.45, 2.75) is 25.8 Å². The third-order valence-corrected chi connectivity index (χ3v) is 3.56. The second kappa shape index (κ2) is 6.70. The molecule has 1 aliphatic rings. The zero-order chi connectivity index (χ0) is 14.5. The number of benzene rings is 1. The highest BCUT2D eigenvalue weighted by atomic mass is 19.1. The van der Waals surface area contributed by atoms with E-state index in [2.05, 4.69) is 5.32 Å². The normalized spacial score (nSPS) is 17.6. The van der Waals surface area contributed by atoms with Crippen molar-refractivity contribution < 1.29 is 18.7 Å². The van der Waals surface area contributed by atoms with Crippen LogP contribution in [0.1, 0.15) is 18.4 Å². The molecular weight excluding hydrogens is 261 g/mol. The molecule has 0 saturated carbocycles. The molecule has 0 radical (unpaired) electrons. The van der Waals surface area contributed by atoms with Gasteiger partial charge in [-0.3, -0.25) is 0 Å². The summed E-state index contributed by atoms with van der Waals surface area (Å²) < 4.78 is 23.6. The van der Waals surface area contributed by atoms with Gasteiger partial charge in [-0.05, 0) is 49.4 Å². The van der Waals surface area contributed by atoms with Gasteiger partial charge in [0, 0.05) is 18.9 Å². The van der Waals surface area contributed by atoms with Gasteiger partial charge in [0.05, 0.1) is 7.11 Å². The number of rotatable bonds is 4. The Kier molecular flexibility index (Phi) is 4.95. The number of nitrogens with one attached hydrogen (secondary N) is 1. The Hall–Kier alpha value is -1.62. The number of halogens is 1. The first kappa shape index (κ1) is 14.8. The highest BCUT2D eigenvalue weighted by Gasteiger charge is 2.30. The SMILES string of the molecule is COC(=O)C(Nc1cc(C)cc(F)c1)C1CCOCC1. The van der Waals surface area contributed by atoms with Gasteiger partial charge in [-0.25, -0.2) is 9.18 Å². The number of anilines is 1. The van der Waals surface area contributed by atoms with Crippen molar-refractivity contribution in [2.75, 3.05) is 25.6 Å². The van der Waals surface area contributed by atoms with Gasteiger partial charge in [-0.15, -0.1) is 0 Å². The molecule has 1 saturated heterocycles. The van der Waals surface area contributed by atoms with Gasteiger partial charge < -0.3 is 14.8 Å². The van der Waals surface area contributed by atoms with Crippen LogP contribution in [0.3, 0.4) is 0 Å². The summed E-state index contributed by atoms with van der Waals surface area (Å²) in [6, 6.07) is 4.19. The van der Waals surface area contributed by atoms with E-state index in [4.69, 9.17) is 9.47 Å². The lowest BCUT2D eigenvalue weighted by molar-refractivity contribution is -0.143. The van der Waals surface area contributed by atoms with Gasteiger partial charge in [0.25, 0.3) is 0 Å². The number of esters is 1. The van der Waals surface area contributed by atoms with Gasteiger partial charge in [0.15, 0.2) is 0 Å². The maximum atomic E-state index is 13.4. The van der Waals surface area contributed by atoms with E-state index in [1.54, 1.807) is 0 Å². The number of carbonyl (C=O) groups is 1. The van der Waals surface area contributed by atoms with Gasteiger partial charge in [-0.2, -0.15) is 0 Å². The van der Waals surface area contributed by atoms with Crippen LogP contribution in [0.4, 0.5) is 10.1 Å². The molecule has 1 aromatic rings. The van der Waals surface area contributed by atoms with E-state index in [1.807, 2.05) is 13.0 Å². The summed E-state index contributed by atoms with van der Waals surface area (Å²) in [5, 5.41) is 3.11. The summed E-state index contributed by atoms with van der Waals surface area (Å²) in [5.41, 5.74) is 1.41. The molecule has 0 amide bonds. The van der Waals surface area contributed by atoms with Crippen LogP contribution in [0.15, 0.2) is 18.2 Å². The Balaban J connectivity index is 2.16. The molecular formula is C15H20FNO3. The largest absolute Gasteiger partial charge is 0.467 e. The molecule has 2 rings (SSSR count). The smallest absolute Gasteiger partial charge is 0.328 e. The predicted octanol–water partition coefficient (Wildman–Crippen LogP) is 2.51. The monoisotopic (exact) mass is 281 g/mol. The van der Waals surface area contributed by atoms with Gasteiger partial charge in [0.1, 0.15) is 11.9 Å². The van der Waals surface area contributed by atoms with Crippen LogP contribution >= 0.6 is 0 Å². The first-order chi connectivity index (χ1) is 9.60. The maximum Gasteiger partial charge on any atom is 0.328 e. The second-order valence-electron chi connectivity index (χ2n) is 5.11. The molecule has 5 heteroatoms. The lowest BCUT2D eigenvalue weighted by Crippen LogP contribution is -2.40. The number of hydrogen-bond donors (Lipinski definition) is 1. The van der Waals surface area contributed by atoms with E-state index in [0.717, 1.165) is 18.4 Å². The van der Waals surface area contributed by atoms with Crippen molar-refractivity contribution >= 4 is 11.7 Å². The van der Waals surface area contributed by atoms with E-state index in [0.29, 0.717) is 18.9 Å². The number of hydrogen-bond acceptors (Lipinski definition) is 4. The third kappa shape index (κ3) is 3.70. The van der Waals surface area contributed by atoms with Crippen LogP contribution in [-0.2, 0) is 14.3 Å². The van der Waals surface area contributed by atoms with E-state index >= 15 is 0 Å². The number of carbonyl (C=O) groups excluding carboxylic acids is 1. The van der Waals surface area contributed by atoms with Crippen LogP contribution in [0.25, 0.3) is 0 Å². The molecule has 1 unspecified atom stereocenters. The molecule has 0 spiro atoms. The van der Waals surface area contributed by atoms with Crippen LogP contribution in [0.2, 0.25) is 0 Å². The second-order valence-corrected chi connectivity index (χ2v) is 5.11. The molecule has 1 atom stereocenters. The predicted molar refractivity (Wildman–Crippen MR) is 74.1 cm³/mol. The van der Waals surface area contributed by atoms with Gasteiger partial charge >= 0.3 is 5.97 Å². The third-order valence-electron chi connectivity index (χ3n) is 3.56. The van der Waals surface area contributed by atoms with Crippen molar-refractivity contribution in [1.82, 2.24) is 0 Å². The minimum atomic E-state index is -0.468. The minimum Gasteiger partial charge on any atom is -0.467 e. The molecule has 110 valence electrons. The van der Waals surface area contributed by atoms with Crippen LogP contribution < -0.4 is 5.32 Å². The molecule has 0 aromatic heterocycles. The number of ether oxygens (including phenoxy) is 2. The van der Waals surface area contributed by atoms with E-state index in [9.17, 15) is 9.18 Å². The molecule has 1 fully saturated rings. The summed E-state index contributed by atoms with van der Waals surface area (Å²) >= 11 is 0. The highest BCUT2D eigenvalue weighted by molar-refractivity contribution is 5.79. The van der Waals surface area contributed by atoms with Crippen LogP contribution in [-0.4, -0.2) is 32.3 Å². The van der Waals surface area contributed by atoms with Crippen molar-refractivity contribution in [3.05, 3.63) is 29.6 Å². The number of methoxy groups -OCH3 is 1. The molecule has 1 aromatic carbocycles. The molecule has 20 heavy (non-hydrogen) atoms. The van der Waals surface area contributed by atoms with Crippen molar-refractivity contribution in [2.24, 2.45) is 5.92 Å². The average molecular weight is 281 g/mol. The fourth-order valence-electron chi connectivity index (χ4n) is 2.54. The van der Waals surface area contributed by atoms with Crippen LogP contribution in [0.5, 0.6) is 0 Å². The van der Waals surface area contributed by atoms with Crippen molar-refractivity contribution in [1.29, 1.82) is 0 Å². The minimum absolute atomic E-state index is 0.139. The molecule has 0 aliphatic carbocycles. The molecule has 4 nitrogen and oxygen atoms in total. The summed E-state index contributed by atoms with van der Waals surface area (Å²) in [6.07, 6.45) is 1.59. The van der Waals surface area contributed by atoms with Crippen LogP contribution in [0, 0.1) is 18.7 Å². The summed E-state index contributed by atoms with van der Waals surface area (Å²) in [7, 11) is 1.37. The van der Waals surface area contributed by atoms with E-state index in [1.165, 1.54) is 19.2 Å². The zero-order valence-corrected chi connectivity index (χ0v) is 11.8. The molecule has 1 N–H and O–H groups in total. The quantitative estimate of drug-likeness (QED) is 0.862. The zero-order valence-electron chi connectivity index (χ0n) is 11.8.